The number of unbranched alkanes of at least 4 members (excludes halogenated alkanes) is 2. The normalized spacial score (nSPS) is 16.1. The van der Waals surface area contributed by atoms with Gasteiger partial charge in [0.1, 0.15) is 17.3 Å². The number of methoxy groups -OCH3 is 2. The minimum absolute atomic E-state index is 0.0610. The number of carbonyl (C=O) groups is 2. The molecule has 43 heavy (non-hydrogen) atoms. The van der Waals surface area contributed by atoms with Gasteiger partial charge >= 0.3 is 5.91 Å². The van der Waals surface area contributed by atoms with Crippen molar-refractivity contribution in [3.63, 3.8) is 0 Å². The molecule has 1 atom stereocenters. The maximum Gasteiger partial charge on any atom is 0.301 e. The highest BCUT2D eigenvalue weighted by Crippen LogP contribution is 2.46. The number of aliphatic hydroxyl groups excluding tert-OH is 1. The van der Waals surface area contributed by atoms with Crippen LogP contribution in [0.2, 0.25) is 0 Å². The Hall–Kier alpha value is -4.57. The van der Waals surface area contributed by atoms with Crippen molar-refractivity contribution in [2.45, 2.75) is 39.2 Å². The highest BCUT2D eigenvalue weighted by atomic mass is 32.1. The second-order valence-electron chi connectivity index (χ2n) is 9.93. The first-order valence-corrected chi connectivity index (χ1v) is 15.0. The maximum atomic E-state index is 13.7. The zero-order valence-corrected chi connectivity index (χ0v) is 25.4. The van der Waals surface area contributed by atoms with Crippen molar-refractivity contribution in [2.24, 2.45) is 0 Å². The van der Waals surface area contributed by atoms with E-state index in [-0.39, 0.29) is 11.3 Å². The van der Waals surface area contributed by atoms with Crippen LogP contribution in [-0.2, 0) is 9.59 Å². The first-order chi connectivity index (χ1) is 20.9. The number of aliphatic hydroxyl groups is 1. The first kappa shape index (κ1) is 29.9. The molecule has 0 saturated carbocycles. The minimum atomic E-state index is -0.985. The number of hydrogen-bond acceptors (Lipinski definition) is 9. The number of ether oxygens (including phenoxy) is 4. The van der Waals surface area contributed by atoms with E-state index in [9.17, 15) is 14.7 Å². The summed E-state index contributed by atoms with van der Waals surface area (Å²) in [6.45, 7) is 4.95. The summed E-state index contributed by atoms with van der Waals surface area (Å²) < 4.78 is 23.4. The molecule has 1 fully saturated rings. The Morgan fingerprint density at radius 2 is 1.77 bits per heavy atom. The second-order valence-corrected chi connectivity index (χ2v) is 10.9. The van der Waals surface area contributed by atoms with E-state index in [1.54, 1.807) is 61.7 Å². The number of fused-ring (bicyclic) bond motifs is 1. The molecule has 4 aromatic rings. The molecule has 10 heteroatoms. The number of aromatic nitrogens is 1. The van der Waals surface area contributed by atoms with Crippen molar-refractivity contribution in [3.8, 4) is 23.0 Å². The summed E-state index contributed by atoms with van der Waals surface area (Å²) in [4.78, 5) is 33.5. The fourth-order valence-corrected chi connectivity index (χ4v) is 6.05. The number of thiazole rings is 1. The van der Waals surface area contributed by atoms with Crippen molar-refractivity contribution < 1.29 is 33.6 Å². The number of hydrogen-bond donors (Lipinski definition) is 1. The molecule has 9 nitrogen and oxygen atoms in total. The van der Waals surface area contributed by atoms with E-state index in [0.29, 0.717) is 58.0 Å². The van der Waals surface area contributed by atoms with Gasteiger partial charge in [-0.1, -0.05) is 49.3 Å². The summed E-state index contributed by atoms with van der Waals surface area (Å²) in [7, 11) is 3.11. The Balaban J connectivity index is 1.65. The van der Waals surface area contributed by atoms with Crippen molar-refractivity contribution in [3.05, 3.63) is 77.4 Å². The van der Waals surface area contributed by atoms with E-state index >= 15 is 0 Å². The molecule has 0 radical (unpaired) electrons. The number of Topliss-reactive ketones (excluding diaryl/α,β-unsaturated/α-hetero) is 1. The van der Waals surface area contributed by atoms with E-state index in [4.69, 9.17) is 18.9 Å². The maximum absolute atomic E-state index is 13.7. The fourth-order valence-electron chi connectivity index (χ4n) is 5.03. The van der Waals surface area contributed by atoms with Crippen LogP contribution in [0.5, 0.6) is 23.0 Å². The smallest absolute Gasteiger partial charge is 0.301 e. The molecule has 5 rings (SSSR count). The van der Waals surface area contributed by atoms with Gasteiger partial charge in [0.2, 0.25) is 0 Å². The van der Waals surface area contributed by atoms with E-state index in [1.807, 2.05) is 13.0 Å². The lowest BCUT2D eigenvalue weighted by Crippen LogP contribution is -2.29. The summed E-state index contributed by atoms with van der Waals surface area (Å²) in [5.74, 6) is 0.257. The number of amides is 1. The molecular formula is C33H34N2O7S. The predicted molar refractivity (Wildman–Crippen MR) is 167 cm³/mol. The third-order valence-corrected chi connectivity index (χ3v) is 8.18. The van der Waals surface area contributed by atoms with Gasteiger partial charge in [-0.25, -0.2) is 4.98 Å². The van der Waals surface area contributed by atoms with E-state index in [2.05, 4.69) is 11.9 Å². The number of carbonyl (C=O) groups excluding carboxylic acids is 2. The topological polar surface area (TPSA) is 107 Å². The van der Waals surface area contributed by atoms with E-state index in [0.717, 1.165) is 24.0 Å². The number of rotatable bonds is 12. The van der Waals surface area contributed by atoms with Gasteiger partial charge < -0.3 is 24.1 Å². The molecule has 0 bridgehead atoms. The fraction of sp³-hybridized carbons (Fsp3) is 0.303. The summed E-state index contributed by atoms with van der Waals surface area (Å²) in [6, 6.07) is 16.5. The Labute approximate surface area is 254 Å². The van der Waals surface area contributed by atoms with Crippen LogP contribution in [-0.4, -0.2) is 49.2 Å². The Morgan fingerprint density at radius 1 is 0.930 bits per heavy atom. The van der Waals surface area contributed by atoms with Gasteiger partial charge in [-0.3, -0.25) is 14.5 Å². The average Bonchev–Trinajstić information content (AvgIpc) is 3.56. The predicted octanol–water partition coefficient (Wildman–Crippen LogP) is 6.91. The van der Waals surface area contributed by atoms with Gasteiger partial charge in [-0.05, 0) is 61.4 Å². The van der Waals surface area contributed by atoms with Crippen molar-refractivity contribution in [2.75, 3.05) is 32.3 Å². The molecule has 1 aliphatic heterocycles. The lowest BCUT2D eigenvalue weighted by atomic mass is 9.95. The summed E-state index contributed by atoms with van der Waals surface area (Å²) in [6.07, 6.45) is 3.03. The molecule has 1 saturated heterocycles. The third kappa shape index (κ3) is 6.01. The van der Waals surface area contributed by atoms with E-state index < -0.39 is 17.7 Å². The summed E-state index contributed by atoms with van der Waals surface area (Å²) >= 11 is 1.26. The summed E-state index contributed by atoms with van der Waals surface area (Å²) in [5.41, 5.74) is 1.50. The molecule has 1 N–H and O–H groups in total. The quantitative estimate of drug-likeness (QED) is 0.0807. The third-order valence-electron chi connectivity index (χ3n) is 7.16. The van der Waals surface area contributed by atoms with Crippen LogP contribution in [0.1, 0.15) is 50.3 Å². The van der Waals surface area contributed by atoms with Gasteiger partial charge in [-0.2, -0.15) is 0 Å². The number of benzene rings is 3. The van der Waals surface area contributed by atoms with Crippen LogP contribution in [0, 0.1) is 0 Å². The largest absolute Gasteiger partial charge is 0.507 e. The van der Waals surface area contributed by atoms with Crippen LogP contribution in [0.25, 0.3) is 16.0 Å². The highest BCUT2D eigenvalue weighted by molar-refractivity contribution is 7.22. The molecule has 1 aromatic heterocycles. The van der Waals surface area contributed by atoms with Crippen molar-refractivity contribution in [1.82, 2.24) is 4.98 Å². The second kappa shape index (κ2) is 13.2. The lowest BCUT2D eigenvalue weighted by molar-refractivity contribution is -0.132. The highest BCUT2D eigenvalue weighted by Gasteiger charge is 2.48. The van der Waals surface area contributed by atoms with Crippen LogP contribution >= 0.6 is 11.3 Å². The lowest BCUT2D eigenvalue weighted by Gasteiger charge is -2.24. The molecule has 1 aliphatic rings. The minimum Gasteiger partial charge on any atom is -0.507 e. The van der Waals surface area contributed by atoms with Crippen LogP contribution in [0.15, 0.2) is 66.2 Å². The number of nitrogens with zero attached hydrogens (tertiary/aromatic N) is 2. The number of anilines is 1. The molecule has 0 spiro atoms. The summed E-state index contributed by atoms with van der Waals surface area (Å²) in [5, 5.41) is 11.9. The van der Waals surface area contributed by atoms with Gasteiger partial charge in [0, 0.05) is 5.56 Å². The molecule has 0 aliphatic carbocycles. The van der Waals surface area contributed by atoms with Gasteiger partial charge in [0.05, 0.1) is 49.3 Å². The van der Waals surface area contributed by atoms with E-state index in [1.165, 1.54) is 23.3 Å². The first-order valence-electron chi connectivity index (χ1n) is 14.2. The van der Waals surface area contributed by atoms with Crippen molar-refractivity contribution in [1.29, 1.82) is 0 Å². The molecule has 224 valence electrons. The Bertz CT molecular complexity index is 1680. The average molecular weight is 603 g/mol. The Morgan fingerprint density at radius 3 is 2.51 bits per heavy atom. The molecule has 1 unspecified atom stereocenters. The SMILES string of the molecule is CCCCCOc1ccc(C2/C(=C(\O)c3cccc(OCC)c3)C(=O)C(=O)N2c2nc3ccc(OC)cc3s2)cc1OC. The molecular weight excluding hydrogens is 568 g/mol. The monoisotopic (exact) mass is 602 g/mol. The zero-order valence-electron chi connectivity index (χ0n) is 24.6. The van der Waals surface area contributed by atoms with Crippen molar-refractivity contribution >= 4 is 44.1 Å². The van der Waals surface area contributed by atoms with Crippen LogP contribution in [0.4, 0.5) is 5.13 Å². The molecule has 1 amide bonds. The Kier molecular flexibility index (Phi) is 9.16. The van der Waals surface area contributed by atoms with Crippen LogP contribution in [0.3, 0.4) is 0 Å². The molecule has 3 aromatic carbocycles. The van der Waals surface area contributed by atoms with Gasteiger partial charge in [0.25, 0.3) is 5.78 Å². The zero-order chi connectivity index (χ0) is 30.5. The van der Waals surface area contributed by atoms with Gasteiger partial charge in [-0.15, -0.1) is 0 Å². The molecule has 2 heterocycles. The standard InChI is InChI=1S/C33H34N2O7S/c1-5-7-8-16-42-25-15-12-20(18-26(25)40-4)29-28(30(36)21-10-9-11-23(17-21)41-6-2)31(37)32(38)35(29)33-34-24-14-13-22(39-3)19-27(24)43-33/h9-15,17-19,29,36H,5-8,16H2,1-4H3/b30-28+. The van der Waals surface area contributed by atoms with Crippen LogP contribution < -0.4 is 23.8 Å². The number of ketones is 1. The van der Waals surface area contributed by atoms with Gasteiger partial charge in [0.15, 0.2) is 16.6 Å².